The zero-order valence-electron chi connectivity index (χ0n) is 9.00. The molecule has 0 heterocycles. The summed E-state index contributed by atoms with van der Waals surface area (Å²) < 4.78 is 37.1. The summed E-state index contributed by atoms with van der Waals surface area (Å²) in [6.45, 7) is 0. The summed E-state index contributed by atoms with van der Waals surface area (Å²) in [6, 6.07) is 4.96. The molecule has 0 radical (unpaired) electrons. The van der Waals surface area contributed by atoms with Crippen LogP contribution in [0.5, 0.6) is 0 Å². The van der Waals surface area contributed by atoms with Crippen molar-refractivity contribution in [2.75, 3.05) is 0 Å². The summed E-state index contributed by atoms with van der Waals surface area (Å²) in [5.74, 6) is 0.330. The third-order valence-electron chi connectivity index (χ3n) is 2.81. The molecule has 1 aromatic carbocycles. The second-order valence-corrected chi connectivity index (χ2v) is 4.11. The first-order chi connectivity index (χ1) is 8.02. The normalized spacial score (nSPS) is 17.0. The number of benzene rings is 1. The smallest absolute Gasteiger partial charge is 0.299 e. The summed E-state index contributed by atoms with van der Waals surface area (Å²) in [6.07, 6.45) is -0.181. The van der Waals surface area contributed by atoms with Crippen molar-refractivity contribution >= 4 is 11.9 Å². The van der Waals surface area contributed by atoms with E-state index < -0.39 is 11.7 Å². The van der Waals surface area contributed by atoms with E-state index in [1.165, 1.54) is 18.2 Å². The lowest BCUT2D eigenvalue weighted by atomic mass is 10.00. The third kappa shape index (κ3) is 2.75. The third-order valence-corrected chi connectivity index (χ3v) is 2.81. The predicted octanol–water partition coefficient (Wildman–Crippen LogP) is 3.70. The Morgan fingerprint density at radius 2 is 1.76 bits per heavy atom. The molecule has 1 fully saturated rings. The molecule has 1 aromatic rings. The number of hydrogen-bond donors (Lipinski definition) is 0. The summed E-state index contributed by atoms with van der Waals surface area (Å²) in [5.41, 5.74) is 0.879. The van der Waals surface area contributed by atoms with E-state index in [2.05, 4.69) is 0 Å². The minimum atomic E-state index is -4.31. The highest BCUT2D eigenvalue weighted by Crippen LogP contribution is 2.42. The van der Waals surface area contributed by atoms with Gasteiger partial charge in [0.15, 0.2) is 0 Å². The maximum atomic E-state index is 12.4. The van der Waals surface area contributed by atoms with Crippen molar-refractivity contribution in [1.29, 1.82) is 0 Å². The maximum absolute atomic E-state index is 12.4. The van der Waals surface area contributed by atoms with Crippen LogP contribution < -0.4 is 0 Å². The molecule has 4 heteroatoms. The van der Waals surface area contributed by atoms with E-state index in [4.69, 9.17) is 0 Å². The zero-order valence-corrected chi connectivity index (χ0v) is 9.00. The van der Waals surface area contributed by atoms with Crippen molar-refractivity contribution in [2.45, 2.75) is 19.0 Å². The van der Waals surface area contributed by atoms with Gasteiger partial charge in [0.1, 0.15) is 6.29 Å². The first-order valence-corrected chi connectivity index (χ1v) is 5.35. The Balaban J connectivity index is 2.28. The Morgan fingerprint density at radius 1 is 1.18 bits per heavy atom. The number of rotatable bonds is 3. The average Bonchev–Trinajstić information content (AvgIpc) is 3.09. The molecule has 0 aromatic heterocycles. The van der Waals surface area contributed by atoms with Crippen LogP contribution in [0.25, 0.3) is 5.57 Å². The highest BCUT2D eigenvalue weighted by atomic mass is 19.4. The van der Waals surface area contributed by atoms with Crippen molar-refractivity contribution in [3.8, 4) is 0 Å². The SMILES string of the molecule is O=C/C=C(\c1ccc(C(F)(F)F)cc1)C1CC1. The number of aldehydes is 1. The molecule has 0 N–H and O–H groups in total. The van der Waals surface area contributed by atoms with Crippen LogP contribution in [0.2, 0.25) is 0 Å². The zero-order chi connectivity index (χ0) is 12.5. The topological polar surface area (TPSA) is 17.1 Å². The molecular formula is C13H11F3O. The number of hydrogen-bond acceptors (Lipinski definition) is 1. The van der Waals surface area contributed by atoms with Gasteiger partial charge in [-0.25, -0.2) is 0 Å². The van der Waals surface area contributed by atoms with E-state index in [0.29, 0.717) is 17.8 Å². The van der Waals surface area contributed by atoms with Gasteiger partial charge in [-0.05, 0) is 48.1 Å². The van der Waals surface area contributed by atoms with E-state index >= 15 is 0 Å². The fourth-order valence-electron chi connectivity index (χ4n) is 1.79. The Bertz CT molecular complexity index is 439. The van der Waals surface area contributed by atoms with Crippen molar-refractivity contribution < 1.29 is 18.0 Å². The monoisotopic (exact) mass is 240 g/mol. The van der Waals surface area contributed by atoms with Crippen molar-refractivity contribution in [3.05, 3.63) is 41.5 Å². The summed E-state index contributed by atoms with van der Waals surface area (Å²) >= 11 is 0. The lowest BCUT2D eigenvalue weighted by molar-refractivity contribution is -0.137. The second-order valence-electron chi connectivity index (χ2n) is 4.11. The highest BCUT2D eigenvalue weighted by molar-refractivity contribution is 5.83. The van der Waals surface area contributed by atoms with Crippen molar-refractivity contribution in [1.82, 2.24) is 0 Å². The van der Waals surface area contributed by atoms with Gasteiger partial charge >= 0.3 is 6.18 Å². The summed E-state index contributed by atoms with van der Waals surface area (Å²) in [5, 5.41) is 0. The Labute approximate surface area is 96.9 Å². The number of allylic oxidation sites excluding steroid dienone is 2. The van der Waals surface area contributed by atoms with Crippen LogP contribution in [-0.2, 0) is 11.0 Å². The van der Waals surface area contributed by atoms with Gasteiger partial charge in [-0.1, -0.05) is 12.1 Å². The van der Waals surface area contributed by atoms with E-state index in [1.807, 2.05) is 0 Å². The molecule has 1 aliphatic rings. The molecule has 0 aliphatic heterocycles. The standard InChI is InChI=1S/C13H11F3O/c14-13(15,16)11-5-3-10(4-6-11)12(7-8-17)9-1-2-9/h3-9H,1-2H2/b12-7-. The van der Waals surface area contributed by atoms with E-state index in [9.17, 15) is 18.0 Å². The number of alkyl halides is 3. The Hall–Kier alpha value is -1.58. The van der Waals surface area contributed by atoms with Crippen molar-refractivity contribution in [3.63, 3.8) is 0 Å². The van der Waals surface area contributed by atoms with Crippen LogP contribution in [0.4, 0.5) is 13.2 Å². The summed E-state index contributed by atoms with van der Waals surface area (Å²) in [4.78, 5) is 10.5. The van der Waals surface area contributed by atoms with Crippen LogP contribution in [0, 0.1) is 5.92 Å². The fraction of sp³-hybridized carbons (Fsp3) is 0.308. The van der Waals surface area contributed by atoms with E-state index in [0.717, 1.165) is 30.5 Å². The minimum absolute atomic E-state index is 0.330. The summed E-state index contributed by atoms with van der Waals surface area (Å²) in [7, 11) is 0. The quantitative estimate of drug-likeness (QED) is 0.581. The molecule has 90 valence electrons. The average molecular weight is 240 g/mol. The van der Waals surface area contributed by atoms with Gasteiger partial charge in [-0.3, -0.25) is 4.79 Å². The molecule has 17 heavy (non-hydrogen) atoms. The van der Waals surface area contributed by atoms with E-state index in [-0.39, 0.29) is 0 Å². The largest absolute Gasteiger partial charge is 0.416 e. The van der Waals surface area contributed by atoms with Gasteiger partial charge in [0.25, 0.3) is 0 Å². The fourth-order valence-corrected chi connectivity index (χ4v) is 1.79. The number of carbonyl (C=O) groups excluding carboxylic acids is 1. The minimum Gasteiger partial charge on any atom is -0.299 e. The molecule has 2 rings (SSSR count). The molecule has 0 atom stereocenters. The predicted molar refractivity (Wildman–Crippen MR) is 58.2 cm³/mol. The highest BCUT2D eigenvalue weighted by Gasteiger charge is 2.31. The van der Waals surface area contributed by atoms with Crippen LogP contribution in [-0.4, -0.2) is 6.29 Å². The lowest BCUT2D eigenvalue weighted by Crippen LogP contribution is -2.04. The number of halogens is 3. The molecule has 0 unspecified atom stereocenters. The molecule has 1 nitrogen and oxygen atoms in total. The Morgan fingerprint density at radius 3 is 2.18 bits per heavy atom. The lowest BCUT2D eigenvalue weighted by Gasteiger charge is -2.09. The molecule has 1 aliphatic carbocycles. The van der Waals surface area contributed by atoms with Gasteiger partial charge in [-0.2, -0.15) is 13.2 Å². The first-order valence-electron chi connectivity index (χ1n) is 5.35. The van der Waals surface area contributed by atoms with Crippen LogP contribution in [0.1, 0.15) is 24.0 Å². The van der Waals surface area contributed by atoms with Gasteiger partial charge in [-0.15, -0.1) is 0 Å². The maximum Gasteiger partial charge on any atom is 0.416 e. The molecule has 0 amide bonds. The van der Waals surface area contributed by atoms with Gasteiger partial charge in [0, 0.05) is 0 Å². The second kappa shape index (κ2) is 4.35. The van der Waals surface area contributed by atoms with Crippen LogP contribution >= 0.6 is 0 Å². The van der Waals surface area contributed by atoms with Crippen molar-refractivity contribution in [2.24, 2.45) is 5.92 Å². The molecule has 1 saturated carbocycles. The molecule has 0 saturated heterocycles. The molecule has 0 spiro atoms. The van der Waals surface area contributed by atoms with E-state index in [1.54, 1.807) is 0 Å². The van der Waals surface area contributed by atoms with Gasteiger partial charge in [0.2, 0.25) is 0 Å². The first kappa shape index (κ1) is 11.9. The van der Waals surface area contributed by atoms with Crippen LogP contribution in [0.15, 0.2) is 30.3 Å². The Kier molecular flexibility index (Phi) is 3.05. The van der Waals surface area contributed by atoms with Crippen LogP contribution in [0.3, 0.4) is 0 Å². The molecular weight excluding hydrogens is 229 g/mol. The molecule has 0 bridgehead atoms. The van der Waals surface area contributed by atoms with Gasteiger partial charge in [0.05, 0.1) is 5.56 Å². The number of carbonyl (C=O) groups is 1. The van der Waals surface area contributed by atoms with Gasteiger partial charge < -0.3 is 0 Å².